The summed E-state index contributed by atoms with van der Waals surface area (Å²) in [6, 6.07) is 8.56. The van der Waals surface area contributed by atoms with E-state index < -0.39 is 0 Å². The number of rotatable bonds is 6. The van der Waals surface area contributed by atoms with Crippen LogP contribution in [0.15, 0.2) is 36.5 Å². The molecular formula is C15H20FN3. The molecule has 0 radical (unpaired) electrons. The molecule has 1 N–H and O–H groups in total. The van der Waals surface area contributed by atoms with Gasteiger partial charge in [-0.2, -0.15) is 5.10 Å². The Bertz CT molecular complexity index is 502. The summed E-state index contributed by atoms with van der Waals surface area (Å²) in [4.78, 5) is 0. The van der Waals surface area contributed by atoms with Crippen LogP contribution in [0, 0.1) is 11.7 Å². The molecule has 0 saturated carbocycles. The minimum absolute atomic E-state index is 0.206. The predicted octanol–water partition coefficient (Wildman–Crippen LogP) is 2.82. The maximum Gasteiger partial charge on any atom is 0.123 e. The Kier molecular flexibility index (Phi) is 4.68. The van der Waals surface area contributed by atoms with Crippen molar-refractivity contribution in [2.45, 2.75) is 26.9 Å². The first-order chi connectivity index (χ1) is 9.15. The van der Waals surface area contributed by atoms with Crippen molar-refractivity contribution in [1.29, 1.82) is 0 Å². The lowest BCUT2D eigenvalue weighted by Crippen LogP contribution is -2.21. The molecule has 1 aromatic carbocycles. The van der Waals surface area contributed by atoms with E-state index >= 15 is 0 Å². The van der Waals surface area contributed by atoms with Crippen molar-refractivity contribution in [2.24, 2.45) is 5.92 Å². The fourth-order valence-electron chi connectivity index (χ4n) is 1.90. The second-order valence-electron chi connectivity index (χ2n) is 5.13. The maximum absolute atomic E-state index is 12.9. The Labute approximate surface area is 113 Å². The molecule has 0 saturated heterocycles. The molecule has 3 nitrogen and oxygen atoms in total. The van der Waals surface area contributed by atoms with Crippen molar-refractivity contribution in [3.63, 3.8) is 0 Å². The van der Waals surface area contributed by atoms with Gasteiger partial charge in [0.2, 0.25) is 0 Å². The molecule has 0 aliphatic heterocycles. The molecule has 0 fully saturated rings. The summed E-state index contributed by atoms with van der Waals surface area (Å²) < 4.78 is 14.8. The van der Waals surface area contributed by atoms with Crippen LogP contribution in [-0.2, 0) is 13.1 Å². The first-order valence-electron chi connectivity index (χ1n) is 6.61. The van der Waals surface area contributed by atoms with Crippen molar-refractivity contribution >= 4 is 0 Å². The van der Waals surface area contributed by atoms with Crippen LogP contribution in [0.3, 0.4) is 0 Å². The van der Waals surface area contributed by atoms with E-state index in [1.165, 1.54) is 12.1 Å². The van der Waals surface area contributed by atoms with Crippen LogP contribution in [0.25, 0.3) is 0 Å². The van der Waals surface area contributed by atoms with E-state index in [4.69, 9.17) is 0 Å². The van der Waals surface area contributed by atoms with Gasteiger partial charge in [0, 0.05) is 12.7 Å². The first-order valence-corrected chi connectivity index (χ1v) is 6.61. The number of aromatic nitrogens is 2. The van der Waals surface area contributed by atoms with Gasteiger partial charge in [-0.15, -0.1) is 0 Å². The smallest absolute Gasteiger partial charge is 0.123 e. The summed E-state index contributed by atoms with van der Waals surface area (Å²) in [5.74, 6) is 0.427. The van der Waals surface area contributed by atoms with Gasteiger partial charge in [0.05, 0.1) is 12.2 Å². The van der Waals surface area contributed by atoms with Crippen molar-refractivity contribution in [1.82, 2.24) is 15.1 Å². The molecule has 1 aromatic heterocycles. The Morgan fingerprint density at radius 2 is 1.95 bits per heavy atom. The topological polar surface area (TPSA) is 29.9 Å². The van der Waals surface area contributed by atoms with Gasteiger partial charge in [-0.25, -0.2) is 4.39 Å². The Balaban J connectivity index is 1.97. The van der Waals surface area contributed by atoms with Crippen LogP contribution in [0.2, 0.25) is 0 Å². The molecule has 19 heavy (non-hydrogen) atoms. The average Bonchev–Trinajstić information content (AvgIpc) is 2.79. The fourth-order valence-corrected chi connectivity index (χ4v) is 1.90. The second-order valence-corrected chi connectivity index (χ2v) is 5.13. The van der Waals surface area contributed by atoms with Gasteiger partial charge >= 0.3 is 0 Å². The lowest BCUT2D eigenvalue weighted by molar-refractivity contribution is 0.529. The third kappa shape index (κ3) is 4.17. The predicted molar refractivity (Wildman–Crippen MR) is 74.3 cm³/mol. The quantitative estimate of drug-likeness (QED) is 0.866. The SMILES string of the molecule is CC(C)CNCc1ccnn1Cc1ccc(F)cc1. The van der Waals surface area contributed by atoms with Gasteiger partial charge in [-0.1, -0.05) is 26.0 Å². The zero-order valence-corrected chi connectivity index (χ0v) is 11.4. The van der Waals surface area contributed by atoms with E-state index in [1.807, 2.05) is 10.7 Å². The molecule has 0 aliphatic rings. The highest BCUT2D eigenvalue weighted by Gasteiger charge is 2.04. The Hall–Kier alpha value is -1.68. The molecule has 0 bridgehead atoms. The van der Waals surface area contributed by atoms with E-state index in [2.05, 4.69) is 24.3 Å². The van der Waals surface area contributed by atoms with Crippen LogP contribution >= 0.6 is 0 Å². The average molecular weight is 261 g/mol. The van der Waals surface area contributed by atoms with Gasteiger partial charge in [-0.3, -0.25) is 4.68 Å². The largest absolute Gasteiger partial charge is 0.311 e. The lowest BCUT2D eigenvalue weighted by atomic mass is 10.2. The zero-order valence-electron chi connectivity index (χ0n) is 11.4. The fraction of sp³-hybridized carbons (Fsp3) is 0.400. The highest BCUT2D eigenvalue weighted by atomic mass is 19.1. The molecular weight excluding hydrogens is 241 g/mol. The van der Waals surface area contributed by atoms with Crippen molar-refractivity contribution in [3.8, 4) is 0 Å². The van der Waals surface area contributed by atoms with E-state index in [0.29, 0.717) is 12.5 Å². The maximum atomic E-state index is 12.9. The number of benzene rings is 1. The third-order valence-corrected chi connectivity index (χ3v) is 2.91. The zero-order chi connectivity index (χ0) is 13.7. The number of halogens is 1. The Morgan fingerprint density at radius 3 is 2.63 bits per heavy atom. The molecule has 4 heteroatoms. The first kappa shape index (κ1) is 13.7. The van der Waals surface area contributed by atoms with Crippen LogP contribution in [-0.4, -0.2) is 16.3 Å². The van der Waals surface area contributed by atoms with Gasteiger partial charge < -0.3 is 5.32 Å². The highest BCUT2D eigenvalue weighted by Crippen LogP contribution is 2.07. The summed E-state index contributed by atoms with van der Waals surface area (Å²) in [5.41, 5.74) is 2.19. The van der Waals surface area contributed by atoms with Crippen LogP contribution in [0.1, 0.15) is 25.1 Å². The van der Waals surface area contributed by atoms with E-state index in [1.54, 1.807) is 18.3 Å². The van der Waals surface area contributed by atoms with Crippen LogP contribution in [0.5, 0.6) is 0 Å². The summed E-state index contributed by atoms with van der Waals surface area (Å²) in [5, 5.41) is 7.72. The highest BCUT2D eigenvalue weighted by molar-refractivity contribution is 5.17. The monoisotopic (exact) mass is 261 g/mol. The standard InChI is InChI=1S/C15H20FN3/c1-12(2)9-17-10-15-7-8-18-19(15)11-13-3-5-14(16)6-4-13/h3-8,12,17H,9-11H2,1-2H3. The van der Waals surface area contributed by atoms with Gasteiger partial charge in [0.25, 0.3) is 0 Å². The number of nitrogens with one attached hydrogen (secondary N) is 1. The lowest BCUT2D eigenvalue weighted by Gasteiger charge is -2.10. The third-order valence-electron chi connectivity index (χ3n) is 2.91. The molecule has 0 spiro atoms. The summed E-state index contributed by atoms with van der Waals surface area (Å²) in [6.07, 6.45) is 1.80. The van der Waals surface area contributed by atoms with Gasteiger partial charge in [-0.05, 0) is 36.2 Å². The van der Waals surface area contributed by atoms with Crippen molar-refractivity contribution in [3.05, 3.63) is 53.6 Å². The number of hydrogen-bond donors (Lipinski definition) is 1. The molecule has 102 valence electrons. The Morgan fingerprint density at radius 1 is 1.21 bits per heavy atom. The molecule has 2 aromatic rings. The van der Waals surface area contributed by atoms with Crippen LogP contribution in [0.4, 0.5) is 4.39 Å². The van der Waals surface area contributed by atoms with Crippen molar-refractivity contribution in [2.75, 3.05) is 6.54 Å². The summed E-state index contributed by atoms with van der Waals surface area (Å²) in [6.45, 7) is 6.83. The van der Waals surface area contributed by atoms with Crippen molar-refractivity contribution < 1.29 is 4.39 Å². The van der Waals surface area contributed by atoms with E-state index in [0.717, 1.165) is 24.3 Å². The molecule has 2 rings (SSSR count). The molecule has 1 heterocycles. The molecule has 0 amide bonds. The molecule has 0 unspecified atom stereocenters. The van der Waals surface area contributed by atoms with E-state index in [-0.39, 0.29) is 5.82 Å². The second kappa shape index (κ2) is 6.48. The minimum Gasteiger partial charge on any atom is -0.311 e. The summed E-state index contributed by atoms with van der Waals surface area (Å²) in [7, 11) is 0. The number of hydrogen-bond acceptors (Lipinski definition) is 2. The van der Waals surface area contributed by atoms with Crippen LogP contribution < -0.4 is 5.32 Å². The van der Waals surface area contributed by atoms with Gasteiger partial charge in [0.15, 0.2) is 0 Å². The molecule has 0 aliphatic carbocycles. The summed E-state index contributed by atoms with van der Waals surface area (Å²) >= 11 is 0. The van der Waals surface area contributed by atoms with E-state index in [9.17, 15) is 4.39 Å². The minimum atomic E-state index is -0.206. The normalized spacial score (nSPS) is 11.2. The molecule has 0 atom stereocenters. The van der Waals surface area contributed by atoms with Gasteiger partial charge in [0.1, 0.15) is 5.82 Å². The number of nitrogens with zero attached hydrogens (tertiary/aromatic N) is 2.